The van der Waals surface area contributed by atoms with Crippen molar-refractivity contribution in [3.05, 3.63) is 29.3 Å². The van der Waals surface area contributed by atoms with E-state index in [4.69, 9.17) is 0 Å². The molecule has 1 unspecified atom stereocenters. The minimum atomic E-state index is -0.851. The number of carboxylic acids is 1. The van der Waals surface area contributed by atoms with Crippen LogP contribution in [0.2, 0.25) is 0 Å². The van der Waals surface area contributed by atoms with E-state index >= 15 is 0 Å². The molecule has 0 heterocycles. The summed E-state index contributed by atoms with van der Waals surface area (Å²) >= 11 is 0. The van der Waals surface area contributed by atoms with E-state index in [1.807, 2.05) is 19.1 Å². The first-order valence-corrected chi connectivity index (χ1v) is 6.58. The summed E-state index contributed by atoms with van der Waals surface area (Å²) in [5.41, 5.74) is 2.21. The molecule has 3 heteroatoms. The zero-order valence-corrected chi connectivity index (χ0v) is 11.7. The number of nitrogens with zero attached hydrogens (tertiary/aromatic N) is 1. The lowest BCUT2D eigenvalue weighted by Gasteiger charge is -2.27. The van der Waals surface area contributed by atoms with Gasteiger partial charge in [0.2, 0.25) is 0 Å². The number of aryl methyl sites for hydroxylation is 1. The smallest absolute Gasteiger partial charge is 0.337 e. The van der Waals surface area contributed by atoms with Crippen LogP contribution >= 0.6 is 0 Å². The molecule has 0 amide bonds. The Morgan fingerprint density at radius 1 is 1.39 bits per heavy atom. The molecule has 1 rings (SSSR count). The molecule has 1 N–H and O–H groups in total. The van der Waals surface area contributed by atoms with E-state index in [-0.39, 0.29) is 0 Å². The van der Waals surface area contributed by atoms with Crippen molar-refractivity contribution in [3.8, 4) is 0 Å². The van der Waals surface area contributed by atoms with Crippen molar-refractivity contribution in [1.82, 2.24) is 0 Å². The molecule has 0 bridgehead atoms. The molecule has 0 radical (unpaired) electrons. The Hall–Kier alpha value is -1.51. The van der Waals surface area contributed by atoms with Gasteiger partial charge in [0, 0.05) is 13.1 Å². The number of anilines is 1. The Morgan fingerprint density at radius 3 is 2.56 bits per heavy atom. The Kier molecular flexibility index (Phi) is 5.20. The average molecular weight is 249 g/mol. The van der Waals surface area contributed by atoms with Gasteiger partial charge in [-0.05, 0) is 31.9 Å². The van der Waals surface area contributed by atoms with E-state index < -0.39 is 5.97 Å². The van der Waals surface area contributed by atoms with Crippen molar-refractivity contribution < 1.29 is 9.90 Å². The normalized spacial score (nSPS) is 12.2. The van der Waals surface area contributed by atoms with Gasteiger partial charge in [-0.2, -0.15) is 0 Å². The number of hydrogen-bond donors (Lipinski definition) is 1. The van der Waals surface area contributed by atoms with Crippen LogP contribution in [0, 0.1) is 12.8 Å². The third-order valence-electron chi connectivity index (χ3n) is 3.33. The van der Waals surface area contributed by atoms with E-state index in [1.54, 1.807) is 6.07 Å². The zero-order chi connectivity index (χ0) is 13.7. The second-order valence-electron chi connectivity index (χ2n) is 4.88. The molecule has 18 heavy (non-hydrogen) atoms. The zero-order valence-electron chi connectivity index (χ0n) is 11.7. The molecule has 0 aromatic heterocycles. The predicted octanol–water partition coefficient (Wildman–Crippen LogP) is 3.57. The summed E-state index contributed by atoms with van der Waals surface area (Å²) in [4.78, 5) is 13.5. The van der Waals surface area contributed by atoms with Crippen molar-refractivity contribution in [2.45, 2.75) is 34.1 Å². The molecule has 0 fully saturated rings. The summed E-state index contributed by atoms with van der Waals surface area (Å²) < 4.78 is 0. The van der Waals surface area contributed by atoms with Crippen LogP contribution in [0.25, 0.3) is 0 Å². The van der Waals surface area contributed by atoms with Crippen LogP contribution in [0.5, 0.6) is 0 Å². The Morgan fingerprint density at radius 2 is 2.06 bits per heavy atom. The van der Waals surface area contributed by atoms with E-state index in [1.165, 1.54) is 0 Å². The number of aromatic carboxylic acids is 1. The SMILES string of the molecule is CCC(C)CN(CC)c1ccc(C)cc1C(=O)O. The van der Waals surface area contributed by atoms with Crippen LogP contribution in [-0.4, -0.2) is 24.2 Å². The summed E-state index contributed by atoms with van der Waals surface area (Å²) in [6.45, 7) is 10.1. The predicted molar refractivity (Wildman–Crippen MR) is 75.5 cm³/mol. The fourth-order valence-corrected chi connectivity index (χ4v) is 2.00. The fourth-order valence-electron chi connectivity index (χ4n) is 2.00. The maximum Gasteiger partial charge on any atom is 0.337 e. The number of hydrogen-bond acceptors (Lipinski definition) is 2. The highest BCUT2D eigenvalue weighted by Crippen LogP contribution is 2.23. The fraction of sp³-hybridized carbons (Fsp3) is 0.533. The highest BCUT2D eigenvalue weighted by atomic mass is 16.4. The van der Waals surface area contributed by atoms with Gasteiger partial charge in [0.05, 0.1) is 11.3 Å². The van der Waals surface area contributed by atoms with Crippen LogP contribution in [0.15, 0.2) is 18.2 Å². The van der Waals surface area contributed by atoms with Crippen LogP contribution in [0.3, 0.4) is 0 Å². The quantitative estimate of drug-likeness (QED) is 0.838. The van der Waals surface area contributed by atoms with Crippen LogP contribution in [0.4, 0.5) is 5.69 Å². The number of rotatable bonds is 6. The standard InChI is InChI=1S/C15H23NO2/c1-5-11(3)10-16(6-2)14-8-7-12(4)9-13(14)15(17)18/h7-9,11H,5-6,10H2,1-4H3,(H,17,18). The summed E-state index contributed by atoms with van der Waals surface area (Å²) in [5, 5.41) is 9.30. The van der Waals surface area contributed by atoms with Crippen molar-refractivity contribution in [2.24, 2.45) is 5.92 Å². The molecule has 0 spiro atoms. The molecule has 1 aromatic rings. The van der Waals surface area contributed by atoms with Crippen LogP contribution < -0.4 is 4.90 Å². The van der Waals surface area contributed by atoms with Gasteiger partial charge < -0.3 is 10.0 Å². The van der Waals surface area contributed by atoms with Crippen LogP contribution in [0.1, 0.15) is 43.1 Å². The minimum Gasteiger partial charge on any atom is -0.478 e. The number of benzene rings is 1. The molecule has 1 atom stereocenters. The van der Waals surface area contributed by atoms with E-state index in [2.05, 4.69) is 25.7 Å². The highest BCUT2D eigenvalue weighted by molar-refractivity contribution is 5.94. The molecule has 100 valence electrons. The number of carbonyl (C=O) groups is 1. The Labute approximate surface area is 109 Å². The maximum absolute atomic E-state index is 11.3. The minimum absolute atomic E-state index is 0.403. The van der Waals surface area contributed by atoms with Gasteiger partial charge in [-0.25, -0.2) is 4.79 Å². The summed E-state index contributed by atoms with van der Waals surface area (Å²) in [7, 11) is 0. The molecule has 0 aliphatic carbocycles. The second-order valence-corrected chi connectivity index (χ2v) is 4.88. The van der Waals surface area contributed by atoms with Gasteiger partial charge in [-0.15, -0.1) is 0 Å². The topological polar surface area (TPSA) is 40.5 Å². The molecule has 0 aliphatic rings. The highest BCUT2D eigenvalue weighted by Gasteiger charge is 2.16. The first kappa shape index (κ1) is 14.6. The summed E-state index contributed by atoms with van der Waals surface area (Å²) in [6.07, 6.45) is 1.10. The van der Waals surface area contributed by atoms with Gasteiger partial charge in [0.25, 0.3) is 0 Å². The first-order valence-electron chi connectivity index (χ1n) is 6.58. The van der Waals surface area contributed by atoms with E-state index in [0.29, 0.717) is 11.5 Å². The van der Waals surface area contributed by atoms with Gasteiger partial charge >= 0.3 is 5.97 Å². The van der Waals surface area contributed by atoms with Crippen molar-refractivity contribution in [2.75, 3.05) is 18.0 Å². The largest absolute Gasteiger partial charge is 0.478 e. The first-order chi connectivity index (χ1) is 8.49. The molecular formula is C15H23NO2. The van der Waals surface area contributed by atoms with Gasteiger partial charge in [0.1, 0.15) is 0 Å². The second kappa shape index (κ2) is 6.43. The van der Waals surface area contributed by atoms with Gasteiger partial charge in [-0.3, -0.25) is 0 Å². The Bertz CT molecular complexity index is 415. The van der Waals surface area contributed by atoms with Crippen LogP contribution in [-0.2, 0) is 0 Å². The van der Waals surface area contributed by atoms with E-state index in [0.717, 1.165) is 30.8 Å². The molecular weight excluding hydrogens is 226 g/mol. The lowest BCUT2D eigenvalue weighted by molar-refractivity contribution is 0.0697. The molecule has 1 aromatic carbocycles. The van der Waals surface area contributed by atoms with Crippen molar-refractivity contribution in [1.29, 1.82) is 0 Å². The van der Waals surface area contributed by atoms with Gasteiger partial charge in [-0.1, -0.05) is 31.9 Å². The molecule has 0 saturated carbocycles. The summed E-state index contributed by atoms with van der Waals surface area (Å²) in [5.74, 6) is -0.288. The van der Waals surface area contributed by atoms with Gasteiger partial charge in [0.15, 0.2) is 0 Å². The third kappa shape index (κ3) is 3.49. The molecule has 3 nitrogen and oxygen atoms in total. The van der Waals surface area contributed by atoms with Crippen molar-refractivity contribution >= 4 is 11.7 Å². The van der Waals surface area contributed by atoms with Crippen molar-refractivity contribution in [3.63, 3.8) is 0 Å². The molecule has 0 aliphatic heterocycles. The maximum atomic E-state index is 11.3. The lowest BCUT2D eigenvalue weighted by atomic mass is 10.1. The summed E-state index contributed by atoms with van der Waals surface area (Å²) in [6, 6.07) is 5.64. The average Bonchev–Trinajstić information content (AvgIpc) is 2.35. The van der Waals surface area contributed by atoms with E-state index in [9.17, 15) is 9.90 Å². The monoisotopic (exact) mass is 249 g/mol. The third-order valence-corrected chi connectivity index (χ3v) is 3.33. The molecule has 0 saturated heterocycles. The lowest BCUT2D eigenvalue weighted by Crippen LogP contribution is -2.29. The number of carboxylic acid groups (broad SMARTS) is 1. The Balaban J connectivity index is 3.08.